The van der Waals surface area contributed by atoms with Gasteiger partial charge in [-0.3, -0.25) is 0 Å². The second-order valence-corrected chi connectivity index (χ2v) is 8.75. The first kappa shape index (κ1) is 18.0. The van der Waals surface area contributed by atoms with E-state index in [4.69, 9.17) is 0 Å². The molecule has 6 nitrogen and oxygen atoms in total. The van der Waals surface area contributed by atoms with E-state index in [0.29, 0.717) is 12.8 Å². The van der Waals surface area contributed by atoms with Gasteiger partial charge in [-0.05, 0) is 24.8 Å². The molecule has 0 radical (unpaired) electrons. The van der Waals surface area contributed by atoms with Gasteiger partial charge in [0.1, 0.15) is 17.8 Å². The van der Waals surface area contributed by atoms with Crippen molar-refractivity contribution in [2.24, 2.45) is 5.92 Å². The summed E-state index contributed by atoms with van der Waals surface area (Å²) in [6, 6.07) is 2.00. The molecule has 0 aliphatic heterocycles. The number of sulfone groups is 1. The molecule has 1 fully saturated rings. The Morgan fingerprint density at radius 1 is 1.32 bits per heavy atom. The van der Waals surface area contributed by atoms with Crippen LogP contribution in [0.25, 0.3) is 11.0 Å². The van der Waals surface area contributed by atoms with E-state index >= 15 is 0 Å². The Labute approximate surface area is 143 Å². The van der Waals surface area contributed by atoms with E-state index < -0.39 is 28.2 Å². The Morgan fingerprint density at radius 3 is 2.72 bits per heavy atom. The van der Waals surface area contributed by atoms with Crippen LogP contribution in [-0.4, -0.2) is 54.1 Å². The lowest BCUT2D eigenvalue weighted by molar-refractivity contribution is -0.129. The number of hydrogen-bond acceptors (Lipinski definition) is 5. The van der Waals surface area contributed by atoms with E-state index in [1.54, 1.807) is 6.20 Å². The van der Waals surface area contributed by atoms with Crippen LogP contribution < -0.4 is 4.90 Å². The molecule has 25 heavy (non-hydrogen) atoms. The van der Waals surface area contributed by atoms with E-state index in [1.165, 1.54) is 6.33 Å². The molecule has 1 aliphatic rings. The van der Waals surface area contributed by atoms with Crippen molar-refractivity contribution in [3.05, 3.63) is 18.6 Å². The fourth-order valence-electron chi connectivity index (χ4n) is 3.18. The van der Waals surface area contributed by atoms with Crippen molar-refractivity contribution in [1.82, 2.24) is 15.0 Å². The van der Waals surface area contributed by atoms with Crippen LogP contribution in [0.3, 0.4) is 0 Å². The first-order valence-electron chi connectivity index (χ1n) is 7.93. The summed E-state index contributed by atoms with van der Waals surface area (Å²) in [6.07, 6.45) is -1.24. The molecular weight excluding hydrogens is 357 g/mol. The molecule has 0 atom stereocenters. The maximum atomic E-state index is 12.2. The van der Waals surface area contributed by atoms with Gasteiger partial charge in [-0.2, -0.15) is 13.2 Å². The summed E-state index contributed by atoms with van der Waals surface area (Å²) in [4.78, 5) is 13.4. The molecule has 0 amide bonds. The Morgan fingerprint density at radius 2 is 2.04 bits per heavy atom. The van der Waals surface area contributed by atoms with Gasteiger partial charge in [0, 0.05) is 19.3 Å². The van der Waals surface area contributed by atoms with Gasteiger partial charge >= 0.3 is 6.18 Å². The Bertz CT molecular complexity index is 844. The molecule has 0 spiro atoms. The summed E-state index contributed by atoms with van der Waals surface area (Å²) < 4.78 is 60.2. The van der Waals surface area contributed by atoms with Gasteiger partial charge in [-0.1, -0.05) is 0 Å². The van der Waals surface area contributed by atoms with Gasteiger partial charge < -0.3 is 9.88 Å². The minimum atomic E-state index is -4.44. The topological polar surface area (TPSA) is 79.0 Å². The lowest BCUT2D eigenvalue weighted by Gasteiger charge is -2.41. The zero-order chi connectivity index (χ0) is 18.2. The number of aromatic nitrogens is 3. The van der Waals surface area contributed by atoms with Gasteiger partial charge in [0.25, 0.3) is 0 Å². The predicted octanol–water partition coefficient (Wildman–Crippen LogP) is 2.54. The van der Waals surface area contributed by atoms with Gasteiger partial charge in [0.2, 0.25) is 0 Å². The number of H-pyrrole nitrogens is 1. The van der Waals surface area contributed by atoms with Crippen LogP contribution in [0.1, 0.15) is 19.3 Å². The predicted molar refractivity (Wildman–Crippen MR) is 88.1 cm³/mol. The van der Waals surface area contributed by atoms with Crippen molar-refractivity contribution in [3.8, 4) is 0 Å². The summed E-state index contributed by atoms with van der Waals surface area (Å²) in [5, 5.41) is 0.881. The minimum Gasteiger partial charge on any atom is -0.356 e. The van der Waals surface area contributed by atoms with Crippen LogP contribution in [0.2, 0.25) is 0 Å². The average molecular weight is 376 g/mol. The van der Waals surface area contributed by atoms with Gasteiger partial charge in [0.05, 0.1) is 23.3 Å². The quantitative estimate of drug-likeness (QED) is 0.838. The Balaban J connectivity index is 1.56. The highest BCUT2D eigenvalue weighted by molar-refractivity contribution is 7.91. The summed E-state index contributed by atoms with van der Waals surface area (Å²) in [5.41, 5.74) is 0.724. The second-order valence-electron chi connectivity index (χ2n) is 6.52. The average Bonchev–Trinajstić information content (AvgIpc) is 2.96. The molecular formula is C15H19F3N4O2S. The molecule has 10 heteroatoms. The number of aromatic amines is 1. The summed E-state index contributed by atoms with van der Waals surface area (Å²) >= 11 is 0. The SMILES string of the molecule is CN(c1ncnc2[nH]ccc12)[C@H]1C[C@H](CS(=O)(=O)CCC(F)(F)F)C1. The smallest absolute Gasteiger partial charge is 0.356 e. The lowest BCUT2D eigenvalue weighted by Crippen LogP contribution is -2.45. The fourth-order valence-corrected chi connectivity index (χ4v) is 4.88. The first-order chi connectivity index (χ1) is 11.6. The molecule has 3 rings (SSSR count). The van der Waals surface area contributed by atoms with E-state index in [1.807, 2.05) is 18.0 Å². The summed E-state index contributed by atoms with van der Waals surface area (Å²) in [7, 11) is -1.80. The molecule has 2 aromatic rings. The Hall–Kier alpha value is -1.84. The maximum Gasteiger partial charge on any atom is 0.390 e. The van der Waals surface area contributed by atoms with Crippen LogP contribution >= 0.6 is 0 Å². The van der Waals surface area contributed by atoms with Crippen molar-refractivity contribution in [1.29, 1.82) is 0 Å². The van der Waals surface area contributed by atoms with Crippen molar-refractivity contribution in [2.45, 2.75) is 31.5 Å². The highest BCUT2D eigenvalue weighted by Crippen LogP contribution is 2.36. The van der Waals surface area contributed by atoms with Crippen LogP contribution in [0, 0.1) is 5.92 Å². The molecule has 138 valence electrons. The van der Waals surface area contributed by atoms with E-state index in [9.17, 15) is 21.6 Å². The second kappa shape index (κ2) is 6.47. The van der Waals surface area contributed by atoms with Crippen LogP contribution in [0.4, 0.5) is 19.0 Å². The van der Waals surface area contributed by atoms with Crippen LogP contribution in [0.5, 0.6) is 0 Å². The lowest BCUT2D eigenvalue weighted by atomic mass is 9.81. The summed E-state index contributed by atoms with van der Waals surface area (Å²) in [5.74, 6) is -0.357. The molecule has 1 N–H and O–H groups in total. The number of anilines is 1. The monoisotopic (exact) mass is 376 g/mol. The molecule has 0 aromatic carbocycles. The molecule has 0 bridgehead atoms. The highest BCUT2D eigenvalue weighted by atomic mass is 32.2. The third-order valence-corrected chi connectivity index (χ3v) is 6.42. The largest absolute Gasteiger partial charge is 0.390 e. The third kappa shape index (κ3) is 4.23. The number of hydrogen-bond donors (Lipinski definition) is 1. The zero-order valence-corrected chi connectivity index (χ0v) is 14.4. The molecule has 2 aromatic heterocycles. The maximum absolute atomic E-state index is 12.2. The van der Waals surface area contributed by atoms with Crippen molar-refractivity contribution in [2.75, 3.05) is 23.5 Å². The van der Waals surface area contributed by atoms with E-state index in [0.717, 1.165) is 16.9 Å². The van der Waals surface area contributed by atoms with E-state index in [-0.39, 0.29) is 17.7 Å². The van der Waals surface area contributed by atoms with Gasteiger partial charge in [-0.25, -0.2) is 18.4 Å². The van der Waals surface area contributed by atoms with Crippen LogP contribution in [-0.2, 0) is 9.84 Å². The number of rotatable bonds is 6. The Kier molecular flexibility index (Phi) is 4.65. The minimum absolute atomic E-state index is 0.103. The number of alkyl halides is 3. The first-order valence-corrected chi connectivity index (χ1v) is 9.75. The number of nitrogens with one attached hydrogen (secondary N) is 1. The summed E-state index contributed by atoms with van der Waals surface area (Å²) in [6.45, 7) is 0. The molecule has 0 unspecified atom stereocenters. The standard InChI is InChI=1S/C15H19F3N4O2S/c1-22(14-12-2-4-19-13(12)20-9-21-14)11-6-10(7-11)8-25(23,24)5-3-15(16,17)18/h2,4,9-11H,3,5-8H2,1H3,(H,19,20,21)/t10-,11-. The number of nitrogens with zero attached hydrogens (tertiary/aromatic N) is 3. The number of halogens is 3. The van der Waals surface area contributed by atoms with Crippen molar-refractivity contribution in [3.63, 3.8) is 0 Å². The molecule has 1 saturated carbocycles. The van der Waals surface area contributed by atoms with Gasteiger partial charge in [-0.15, -0.1) is 0 Å². The van der Waals surface area contributed by atoms with Crippen molar-refractivity contribution >= 4 is 26.7 Å². The zero-order valence-electron chi connectivity index (χ0n) is 13.6. The van der Waals surface area contributed by atoms with Gasteiger partial charge in [0.15, 0.2) is 9.84 Å². The number of fused-ring (bicyclic) bond motifs is 1. The normalized spacial score (nSPS) is 21.3. The molecule has 0 saturated heterocycles. The fraction of sp³-hybridized carbons (Fsp3) is 0.600. The van der Waals surface area contributed by atoms with Crippen molar-refractivity contribution < 1.29 is 21.6 Å². The highest BCUT2D eigenvalue weighted by Gasteiger charge is 2.37. The molecule has 1 aliphatic carbocycles. The van der Waals surface area contributed by atoms with Crippen LogP contribution in [0.15, 0.2) is 18.6 Å². The van der Waals surface area contributed by atoms with E-state index in [2.05, 4.69) is 15.0 Å². The third-order valence-electron chi connectivity index (χ3n) is 4.61. The molecule has 2 heterocycles.